The van der Waals surface area contributed by atoms with Crippen LogP contribution in [0.2, 0.25) is 0 Å². The number of rotatable bonds is 5. The fraction of sp³-hybridized carbons (Fsp3) is 0.950. The van der Waals surface area contributed by atoms with E-state index in [4.69, 9.17) is 4.74 Å². The largest absolute Gasteiger partial charge is 0.444 e. The molecule has 3 atom stereocenters. The number of hydrogen-bond donors (Lipinski definition) is 1. The van der Waals surface area contributed by atoms with Crippen LogP contribution in [0.3, 0.4) is 0 Å². The first kappa shape index (κ1) is 19.6. The highest BCUT2D eigenvalue weighted by Gasteiger charge is 2.30. The molecule has 0 aromatic rings. The van der Waals surface area contributed by atoms with Gasteiger partial charge in [-0.2, -0.15) is 0 Å². The van der Waals surface area contributed by atoms with Gasteiger partial charge in [-0.1, -0.05) is 26.7 Å². The summed E-state index contributed by atoms with van der Waals surface area (Å²) >= 11 is 0. The van der Waals surface area contributed by atoms with E-state index in [9.17, 15) is 4.79 Å². The lowest BCUT2D eigenvalue weighted by molar-refractivity contribution is 0.0287. The van der Waals surface area contributed by atoms with Crippen LogP contribution in [0, 0.1) is 17.8 Å². The minimum atomic E-state index is -0.399. The van der Waals surface area contributed by atoms with Crippen LogP contribution in [0.15, 0.2) is 0 Å². The second-order valence-corrected chi connectivity index (χ2v) is 9.12. The number of likely N-dealkylation sites (tertiary alicyclic amines) is 1. The summed E-state index contributed by atoms with van der Waals surface area (Å²) in [5.74, 6) is 2.23. The van der Waals surface area contributed by atoms with E-state index in [1.54, 1.807) is 0 Å². The molecule has 0 aromatic heterocycles. The second-order valence-electron chi connectivity index (χ2n) is 9.12. The Hall–Kier alpha value is -0.770. The van der Waals surface area contributed by atoms with Gasteiger partial charge in [0.1, 0.15) is 5.60 Å². The Bertz CT molecular complexity index is 403. The highest BCUT2D eigenvalue weighted by molar-refractivity contribution is 5.68. The molecule has 4 heteroatoms. The van der Waals surface area contributed by atoms with Gasteiger partial charge in [-0.25, -0.2) is 4.79 Å². The maximum absolute atomic E-state index is 12.1. The van der Waals surface area contributed by atoms with Crippen molar-refractivity contribution in [2.45, 2.75) is 84.8 Å². The van der Waals surface area contributed by atoms with Crippen molar-refractivity contribution in [3.05, 3.63) is 0 Å². The van der Waals surface area contributed by atoms with Gasteiger partial charge in [-0.05, 0) is 70.8 Å². The third-order valence-corrected chi connectivity index (χ3v) is 5.57. The van der Waals surface area contributed by atoms with Crippen molar-refractivity contribution >= 4 is 6.09 Å². The van der Waals surface area contributed by atoms with Crippen LogP contribution >= 0.6 is 0 Å². The zero-order valence-electron chi connectivity index (χ0n) is 16.4. The molecule has 0 aromatic carbocycles. The van der Waals surface area contributed by atoms with Crippen molar-refractivity contribution in [3.63, 3.8) is 0 Å². The number of hydrogen-bond acceptors (Lipinski definition) is 3. The molecule has 1 N–H and O–H groups in total. The standard InChI is InChI=1S/C20H38N2O2/c1-15(2)17-8-6-7-9-18(17)21-12-10-16-11-13-22(14-16)19(23)24-20(3,4)5/h15-18,21H,6-14H2,1-5H3. The fourth-order valence-corrected chi connectivity index (χ4v) is 4.24. The molecule has 3 unspecified atom stereocenters. The van der Waals surface area contributed by atoms with Gasteiger partial charge in [0.2, 0.25) is 0 Å². The summed E-state index contributed by atoms with van der Waals surface area (Å²) in [5, 5.41) is 3.83. The third kappa shape index (κ3) is 5.94. The summed E-state index contributed by atoms with van der Waals surface area (Å²) in [6, 6.07) is 0.696. The zero-order valence-corrected chi connectivity index (χ0v) is 16.4. The summed E-state index contributed by atoms with van der Waals surface area (Å²) in [6.45, 7) is 13.3. The predicted octanol–water partition coefficient (Wildman–Crippen LogP) is 4.44. The Kier molecular flexibility index (Phi) is 6.97. The normalized spacial score (nSPS) is 28.4. The second kappa shape index (κ2) is 8.55. The number of carbonyl (C=O) groups is 1. The molecule has 140 valence electrons. The average Bonchev–Trinajstić information content (AvgIpc) is 2.95. The van der Waals surface area contributed by atoms with Gasteiger partial charge < -0.3 is 15.0 Å². The Labute approximate surface area is 148 Å². The predicted molar refractivity (Wildman–Crippen MR) is 99.1 cm³/mol. The molecule has 4 nitrogen and oxygen atoms in total. The number of ether oxygens (including phenoxy) is 1. The molecular weight excluding hydrogens is 300 g/mol. The molecule has 1 amide bonds. The van der Waals surface area contributed by atoms with E-state index >= 15 is 0 Å². The van der Waals surface area contributed by atoms with Crippen LogP contribution in [0.5, 0.6) is 0 Å². The average molecular weight is 339 g/mol. The minimum Gasteiger partial charge on any atom is -0.444 e. The van der Waals surface area contributed by atoms with Gasteiger partial charge in [0.05, 0.1) is 0 Å². The topological polar surface area (TPSA) is 41.6 Å². The van der Waals surface area contributed by atoms with Crippen LogP contribution in [0.25, 0.3) is 0 Å². The van der Waals surface area contributed by atoms with Crippen LogP contribution in [0.4, 0.5) is 4.79 Å². The molecule has 2 rings (SSSR count). The summed E-state index contributed by atoms with van der Waals surface area (Å²) in [6.07, 6.45) is 7.61. The number of amides is 1. The first-order valence-electron chi connectivity index (χ1n) is 9.97. The van der Waals surface area contributed by atoms with E-state index in [1.165, 1.54) is 32.1 Å². The zero-order chi connectivity index (χ0) is 17.7. The van der Waals surface area contributed by atoms with Gasteiger partial charge >= 0.3 is 6.09 Å². The van der Waals surface area contributed by atoms with Gasteiger partial charge in [-0.3, -0.25) is 0 Å². The summed E-state index contributed by atoms with van der Waals surface area (Å²) in [7, 11) is 0. The maximum Gasteiger partial charge on any atom is 0.410 e. The quantitative estimate of drug-likeness (QED) is 0.806. The van der Waals surface area contributed by atoms with Crippen LogP contribution in [0.1, 0.15) is 73.1 Å². The first-order valence-corrected chi connectivity index (χ1v) is 9.97. The van der Waals surface area contributed by atoms with Crippen molar-refractivity contribution in [2.75, 3.05) is 19.6 Å². The monoisotopic (exact) mass is 338 g/mol. The smallest absolute Gasteiger partial charge is 0.410 e. The van der Waals surface area contributed by atoms with Gasteiger partial charge in [-0.15, -0.1) is 0 Å². The van der Waals surface area contributed by atoms with Gasteiger partial charge in [0.15, 0.2) is 0 Å². The van der Waals surface area contributed by atoms with Crippen LogP contribution in [-0.2, 0) is 4.74 Å². The first-order chi connectivity index (χ1) is 11.3. The van der Waals surface area contributed by atoms with Crippen molar-refractivity contribution in [2.24, 2.45) is 17.8 Å². The fourth-order valence-electron chi connectivity index (χ4n) is 4.24. The highest BCUT2D eigenvalue weighted by Crippen LogP contribution is 2.30. The van der Waals surface area contributed by atoms with E-state index in [0.717, 1.165) is 37.9 Å². The Morgan fingerprint density at radius 2 is 1.92 bits per heavy atom. The van der Waals surface area contributed by atoms with Crippen LogP contribution < -0.4 is 5.32 Å². The summed E-state index contributed by atoms with van der Waals surface area (Å²) in [5.41, 5.74) is -0.399. The molecule has 1 aliphatic heterocycles. The van der Waals surface area contributed by atoms with Crippen molar-refractivity contribution in [1.82, 2.24) is 10.2 Å². The third-order valence-electron chi connectivity index (χ3n) is 5.57. The molecule has 0 spiro atoms. The number of nitrogens with one attached hydrogen (secondary N) is 1. The van der Waals surface area contributed by atoms with E-state index in [2.05, 4.69) is 19.2 Å². The van der Waals surface area contributed by atoms with E-state index < -0.39 is 5.60 Å². The van der Waals surface area contributed by atoms with E-state index in [1.807, 2.05) is 25.7 Å². The summed E-state index contributed by atoms with van der Waals surface area (Å²) < 4.78 is 5.48. The molecule has 24 heavy (non-hydrogen) atoms. The molecule has 1 saturated carbocycles. The summed E-state index contributed by atoms with van der Waals surface area (Å²) in [4.78, 5) is 14.0. The van der Waals surface area contributed by atoms with Gasteiger partial charge in [0, 0.05) is 19.1 Å². The maximum atomic E-state index is 12.1. The Morgan fingerprint density at radius 1 is 1.21 bits per heavy atom. The lowest BCUT2D eigenvalue weighted by Crippen LogP contribution is -2.41. The highest BCUT2D eigenvalue weighted by atomic mass is 16.6. The molecule has 0 radical (unpaired) electrons. The lowest BCUT2D eigenvalue weighted by atomic mass is 9.78. The molecule has 1 aliphatic carbocycles. The molecule has 2 fully saturated rings. The van der Waals surface area contributed by atoms with Gasteiger partial charge in [0.25, 0.3) is 0 Å². The van der Waals surface area contributed by atoms with Crippen molar-refractivity contribution < 1.29 is 9.53 Å². The molecule has 2 aliphatic rings. The van der Waals surface area contributed by atoms with E-state index in [-0.39, 0.29) is 6.09 Å². The SMILES string of the molecule is CC(C)C1CCCCC1NCCC1CCN(C(=O)OC(C)(C)C)C1. The molecular formula is C20H38N2O2. The molecule has 1 heterocycles. The Morgan fingerprint density at radius 3 is 2.58 bits per heavy atom. The van der Waals surface area contributed by atoms with Crippen LogP contribution in [-0.4, -0.2) is 42.3 Å². The molecule has 1 saturated heterocycles. The van der Waals surface area contributed by atoms with Crippen molar-refractivity contribution in [1.29, 1.82) is 0 Å². The molecule has 0 bridgehead atoms. The number of carbonyl (C=O) groups excluding carboxylic acids is 1. The lowest BCUT2D eigenvalue weighted by Gasteiger charge is -2.35. The Balaban J connectivity index is 1.69. The van der Waals surface area contributed by atoms with Crippen molar-refractivity contribution in [3.8, 4) is 0 Å². The number of nitrogens with zero attached hydrogens (tertiary/aromatic N) is 1. The minimum absolute atomic E-state index is 0.148. The van der Waals surface area contributed by atoms with E-state index in [0.29, 0.717) is 12.0 Å².